The van der Waals surface area contributed by atoms with Crippen LogP contribution in [0.2, 0.25) is 0 Å². The number of hydrogen-bond donors (Lipinski definition) is 1. The van der Waals surface area contributed by atoms with Gasteiger partial charge in [0.25, 0.3) is 0 Å². The fourth-order valence-corrected chi connectivity index (χ4v) is 4.60. The van der Waals surface area contributed by atoms with E-state index in [-0.39, 0.29) is 5.92 Å². The van der Waals surface area contributed by atoms with E-state index < -0.39 is 0 Å². The zero-order chi connectivity index (χ0) is 21.0. The molecule has 0 aliphatic carbocycles. The van der Waals surface area contributed by atoms with E-state index in [4.69, 9.17) is 0 Å². The quantitative estimate of drug-likeness (QED) is 0.666. The van der Waals surface area contributed by atoms with Gasteiger partial charge in [-0.05, 0) is 25.0 Å². The lowest BCUT2D eigenvalue weighted by atomic mass is 9.95. The van der Waals surface area contributed by atoms with E-state index in [1.807, 2.05) is 18.3 Å². The van der Waals surface area contributed by atoms with Gasteiger partial charge < -0.3 is 14.8 Å². The number of nitrogens with zero attached hydrogens (tertiary/aromatic N) is 7. The van der Waals surface area contributed by atoms with Gasteiger partial charge in [0, 0.05) is 70.0 Å². The van der Waals surface area contributed by atoms with Crippen LogP contribution in [-0.2, 0) is 11.2 Å². The van der Waals surface area contributed by atoms with Crippen LogP contribution in [0.4, 0.5) is 5.82 Å². The Balaban J connectivity index is 1.10. The van der Waals surface area contributed by atoms with Gasteiger partial charge in [-0.15, -0.1) is 0 Å². The second kappa shape index (κ2) is 8.97. The molecule has 9 nitrogen and oxygen atoms in total. The van der Waals surface area contributed by atoms with Crippen LogP contribution >= 0.6 is 0 Å². The summed E-state index contributed by atoms with van der Waals surface area (Å²) in [7, 11) is 0. The molecule has 9 heteroatoms. The fraction of sp³-hybridized carbons (Fsp3) is 0.500. The van der Waals surface area contributed by atoms with Gasteiger partial charge in [0.1, 0.15) is 11.8 Å². The number of pyridine rings is 1. The summed E-state index contributed by atoms with van der Waals surface area (Å²) in [6, 6.07) is 6.06. The van der Waals surface area contributed by atoms with E-state index in [2.05, 4.69) is 45.7 Å². The third kappa shape index (κ3) is 4.36. The van der Waals surface area contributed by atoms with Gasteiger partial charge in [-0.3, -0.25) is 14.7 Å². The third-order valence-corrected chi connectivity index (χ3v) is 6.44. The first kappa shape index (κ1) is 19.9. The number of imidazole rings is 1. The molecule has 0 atom stereocenters. The Bertz CT molecular complexity index is 1010. The Labute approximate surface area is 181 Å². The van der Waals surface area contributed by atoms with Crippen molar-refractivity contribution in [2.45, 2.75) is 19.3 Å². The molecule has 2 saturated heterocycles. The molecule has 162 valence electrons. The van der Waals surface area contributed by atoms with Gasteiger partial charge in [-0.25, -0.2) is 15.0 Å². The van der Waals surface area contributed by atoms with Crippen LogP contribution in [0.3, 0.4) is 0 Å². The van der Waals surface area contributed by atoms with Crippen LogP contribution in [0.25, 0.3) is 11.2 Å². The molecule has 1 amide bonds. The molecule has 0 unspecified atom stereocenters. The number of amides is 1. The first-order chi connectivity index (χ1) is 15.3. The molecule has 5 rings (SSSR count). The molecule has 31 heavy (non-hydrogen) atoms. The number of aromatic amines is 1. The number of carbonyl (C=O) groups is 1. The van der Waals surface area contributed by atoms with Crippen LogP contribution in [0.1, 0.15) is 18.5 Å². The second-order valence-electron chi connectivity index (χ2n) is 8.30. The minimum atomic E-state index is 0.107. The van der Waals surface area contributed by atoms with Gasteiger partial charge >= 0.3 is 0 Å². The van der Waals surface area contributed by atoms with Crippen molar-refractivity contribution in [1.82, 2.24) is 34.7 Å². The highest BCUT2D eigenvalue weighted by atomic mass is 16.2. The van der Waals surface area contributed by atoms with Crippen molar-refractivity contribution < 1.29 is 4.79 Å². The van der Waals surface area contributed by atoms with Crippen LogP contribution in [0.5, 0.6) is 0 Å². The topological polar surface area (TPSA) is 94.1 Å². The van der Waals surface area contributed by atoms with E-state index in [9.17, 15) is 4.79 Å². The van der Waals surface area contributed by atoms with Gasteiger partial charge in [-0.1, -0.05) is 6.07 Å². The molecule has 3 aromatic heterocycles. The van der Waals surface area contributed by atoms with Crippen LogP contribution < -0.4 is 4.90 Å². The van der Waals surface area contributed by atoms with Gasteiger partial charge in [-0.2, -0.15) is 0 Å². The molecule has 3 aromatic rings. The fourth-order valence-electron chi connectivity index (χ4n) is 4.60. The van der Waals surface area contributed by atoms with Crippen molar-refractivity contribution in [3.8, 4) is 0 Å². The number of hydrogen-bond acceptors (Lipinski definition) is 7. The molecular weight excluding hydrogens is 392 g/mol. The third-order valence-electron chi connectivity index (χ3n) is 6.44. The average Bonchev–Trinajstić information content (AvgIpc) is 3.33. The Morgan fingerprint density at radius 1 is 1.00 bits per heavy atom. The number of carbonyl (C=O) groups excluding carboxylic acids is 1. The molecule has 5 heterocycles. The lowest BCUT2D eigenvalue weighted by Gasteiger charge is -2.38. The van der Waals surface area contributed by atoms with E-state index in [1.165, 1.54) is 0 Å². The van der Waals surface area contributed by atoms with Crippen LogP contribution in [0.15, 0.2) is 37.1 Å². The summed E-state index contributed by atoms with van der Waals surface area (Å²) in [5.41, 5.74) is 2.68. The molecule has 0 saturated carbocycles. The summed E-state index contributed by atoms with van der Waals surface area (Å²) >= 11 is 0. The lowest BCUT2D eigenvalue weighted by molar-refractivity contribution is -0.138. The molecule has 1 N–H and O–H groups in total. The predicted molar refractivity (Wildman–Crippen MR) is 118 cm³/mol. The molecule has 0 bridgehead atoms. The van der Waals surface area contributed by atoms with Crippen molar-refractivity contribution in [1.29, 1.82) is 0 Å². The highest BCUT2D eigenvalue weighted by molar-refractivity contribution is 5.83. The predicted octanol–water partition coefficient (Wildman–Crippen LogP) is 1.35. The number of anilines is 1. The van der Waals surface area contributed by atoms with Gasteiger partial charge in [0.15, 0.2) is 11.5 Å². The first-order valence-electron chi connectivity index (χ1n) is 11.1. The van der Waals surface area contributed by atoms with E-state index in [0.717, 1.165) is 82.1 Å². The molecule has 0 radical (unpaired) electrons. The maximum atomic E-state index is 13.1. The summed E-state index contributed by atoms with van der Waals surface area (Å²) in [5.74, 6) is 1.31. The Hall–Kier alpha value is -3.07. The van der Waals surface area contributed by atoms with Gasteiger partial charge in [0.2, 0.25) is 5.91 Å². The summed E-state index contributed by atoms with van der Waals surface area (Å²) in [6.45, 7) is 6.17. The Morgan fingerprint density at radius 3 is 2.61 bits per heavy atom. The monoisotopic (exact) mass is 420 g/mol. The zero-order valence-electron chi connectivity index (χ0n) is 17.7. The highest BCUT2D eigenvalue weighted by Gasteiger charge is 2.31. The second-order valence-corrected chi connectivity index (χ2v) is 8.30. The number of aromatic nitrogens is 5. The average molecular weight is 421 g/mol. The first-order valence-corrected chi connectivity index (χ1v) is 11.1. The zero-order valence-corrected chi connectivity index (χ0v) is 17.7. The van der Waals surface area contributed by atoms with Gasteiger partial charge in [0.05, 0.1) is 6.33 Å². The van der Waals surface area contributed by atoms with Crippen LogP contribution in [-0.4, -0.2) is 86.4 Å². The Morgan fingerprint density at radius 2 is 1.84 bits per heavy atom. The normalized spacial score (nSPS) is 18.6. The SMILES string of the molecule is O=C(C1CCN(c2ncnc3nc[nH]c23)CC1)N1CCN(CCc2ccccn2)CC1. The smallest absolute Gasteiger partial charge is 0.225 e. The lowest BCUT2D eigenvalue weighted by Crippen LogP contribution is -2.52. The maximum absolute atomic E-state index is 13.1. The summed E-state index contributed by atoms with van der Waals surface area (Å²) in [6.07, 6.45) is 7.73. The van der Waals surface area contributed by atoms with Crippen molar-refractivity contribution >= 4 is 22.9 Å². The highest BCUT2D eigenvalue weighted by Crippen LogP contribution is 2.27. The van der Waals surface area contributed by atoms with Crippen molar-refractivity contribution in [2.24, 2.45) is 5.92 Å². The summed E-state index contributed by atoms with van der Waals surface area (Å²) < 4.78 is 0. The molecule has 0 spiro atoms. The number of rotatable bonds is 5. The number of piperidine rings is 1. The van der Waals surface area contributed by atoms with E-state index in [0.29, 0.717) is 11.6 Å². The molecule has 0 aromatic carbocycles. The molecule has 2 aliphatic rings. The van der Waals surface area contributed by atoms with E-state index in [1.54, 1.807) is 12.7 Å². The number of fused-ring (bicyclic) bond motifs is 1. The minimum absolute atomic E-state index is 0.107. The number of nitrogens with one attached hydrogen (secondary N) is 1. The Kier molecular flexibility index (Phi) is 5.75. The molecular formula is C22H28N8O. The number of H-pyrrole nitrogens is 1. The van der Waals surface area contributed by atoms with Crippen molar-refractivity contribution in [3.63, 3.8) is 0 Å². The molecule has 2 aliphatic heterocycles. The molecule has 2 fully saturated rings. The van der Waals surface area contributed by atoms with Crippen molar-refractivity contribution in [3.05, 3.63) is 42.7 Å². The number of piperazine rings is 1. The van der Waals surface area contributed by atoms with Crippen LogP contribution in [0, 0.1) is 5.92 Å². The minimum Gasteiger partial charge on any atom is -0.355 e. The standard InChI is InChI=1S/C22H28N8O/c31-22(30-13-11-28(12-14-30)8-6-18-3-1-2-7-23-18)17-4-9-29(10-5-17)21-19-20(25-15-24-19)26-16-27-21/h1-3,7,15-17H,4-6,8-14H2,(H,24,25,26,27). The summed E-state index contributed by atoms with van der Waals surface area (Å²) in [4.78, 5) is 40.2. The maximum Gasteiger partial charge on any atom is 0.225 e. The van der Waals surface area contributed by atoms with Crippen molar-refractivity contribution in [2.75, 3.05) is 50.7 Å². The van der Waals surface area contributed by atoms with E-state index >= 15 is 0 Å². The largest absolute Gasteiger partial charge is 0.355 e. The summed E-state index contributed by atoms with van der Waals surface area (Å²) in [5, 5.41) is 0.